The average molecular weight is 578 g/mol. The quantitative estimate of drug-likeness (QED) is 0.104. The van der Waals surface area contributed by atoms with E-state index in [0.717, 1.165) is 40.2 Å². The molecular formula is C31H51N3O3S2. The monoisotopic (exact) mass is 577 g/mol. The van der Waals surface area contributed by atoms with Gasteiger partial charge in [-0.1, -0.05) is 115 Å². The van der Waals surface area contributed by atoms with Gasteiger partial charge in [0.05, 0.1) is 22.7 Å². The molecule has 2 aromatic rings. The summed E-state index contributed by atoms with van der Waals surface area (Å²) in [5.74, 6) is -0.823. The summed E-state index contributed by atoms with van der Waals surface area (Å²) in [7, 11) is 1.59. The molecule has 0 aliphatic carbocycles. The van der Waals surface area contributed by atoms with Crippen LogP contribution in [0, 0.1) is 5.92 Å². The molecule has 1 aromatic heterocycles. The highest BCUT2D eigenvalue weighted by Crippen LogP contribution is 2.35. The van der Waals surface area contributed by atoms with Gasteiger partial charge >= 0.3 is 0 Å². The van der Waals surface area contributed by atoms with Gasteiger partial charge in [0.15, 0.2) is 4.34 Å². The predicted octanol–water partition coefficient (Wildman–Crippen LogP) is 7.75. The van der Waals surface area contributed by atoms with Crippen molar-refractivity contribution in [1.82, 2.24) is 15.6 Å². The second-order valence-electron chi connectivity index (χ2n) is 10.4. The lowest BCUT2D eigenvalue weighted by Crippen LogP contribution is -2.46. The molecule has 8 heteroatoms. The third kappa shape index (κ3) is 13.5. The lowest BCUT2D eigenvalue weighted by molar-refractivity contribution is -0.131. The van der Waals surface area contributed by atoms with E-state index in [1.165, 1.54) is 76.0 Å². The maximum absolute atomic E-state index is 13.5. The molecule has 0 aliphatic rings. The Morgan fingerprint density at radius 3 is 1.92 bits per heavy atom. The van der Waals surface area contributed by atoms with Crippen LogP contribution in [0.5, 0.6) is 0 Å². The number of nitrogens with one attached hydrogen (secondary N) is 2. The van der Waals surface area contributed by atoms with E-state index in [0.29, 0.717) is 13.1 Å². The van der Waals surface area contributed by atoms with Gasteiger partial charge in [-0.15, -0.1) is 11.3 Å². The minimum absolute atomic E-state index is 0.113. The van der Waals surface area contributed by atoms with Crippen molar-refractivity contribution in [3.63, 3.8) is 0 Å². The number of aromatic nitrogens is 1. The highest BCUT2D eigenvalue weighted by molar-refractivity contribution is 8.02. The first-order valence-electron chi connectivity index (χ1n) is 15.2. The van der Waals surface area contributed by atoms with Gasteiger partial charge in [-0.05, 0) is 25.0 Å². The van der Waals surface area contributed by atoms with Crippen LogP contribution in [0.1, 0.15) is 104 Å². The van der Waals surface area contributed by atoms with Crippen LogP contribution < -0.4 is 10.6 Å². The van der Waals surface area contributed by atoms with Gasteiger partial charge in [-0.25, -0.2) is 4.98 Å². The number of amides is 2. The van der Waals surface area contributed by atoms with E-state index in [4.69, 9.17) is 9.72 Å². The second kappa shape index (κ2) is 21.2. The molecule has 1 aromatic carbocycles. The predicted molar refractivity (Wildman–Crippen MR) is 167 cm³/mol. The number of fused-ring (bicyclic) bond motifs is 1. The van der Waals surface area contributed by atoms with Crippen molar-refractivity contribution in [3.8, 4) is 0 Å². The Bertz CT molecular complexity index is 904. The van der Waals surface area contributed by atoms with Crippen molar-refractivity contribution in [1.29, 1.82) is 0 Å². The Hall–Kier alpha value is -1.64. The zero-order valence-electron chi connectivity index (χ0n) is 24.5. The van der Waals surface area contributed by atoms with Crippen LogP contribution in [0.2, 0.25) is 0 Å². The summed E-state index contributed by atoms with van der Waals surface area (Å²) in [5, 5.41) is 5.60. The number of ether oxygens (including phenoxy) is 1. The number of unbranched alkanes of at least 4 members (excludes halogenated alkanes) is 12. The summed E-state index contributed by atoms with van der Waals surface area (Å²) in [6.07, 6.45) is 16.7. The molecule has 0 bridgehead atoms. The van der Waals surface area contributed by atoms with E-state index in [2.05, 4.69) is 24.5 Å². The van der Waals surface area contributed by atoms with Gasteiger partial charge in [0.2, 0.25) is 11.8 Å². The third-order valence-corrected chi connectivity index (χ3v) is 9.43. The molecule has 1 heterocycles. The summed E-state index contributed by atoms with van der Waals surface area (Å²) in [5.41, 5.74) is 0.916. The first-order valence-corrected chi connectivity index (χ1v) is 16.9. The van der Waals surface area contributed by atoms with E-state index < -0.39 is 11.2 Å². The number of thioether (sulfide) groups is 1. The topological polar surface area (TPSA) is 80.3 Å². The van der Waals surface area contributed by atoms with Gasteiger partial charge in [0.1, 0.15) is 5.25 Å². The standard InChI is InChI=1S/C31H51N3O3S2/c1-4-6-8-10-12-14-18-22-32-29(35)25(24-37-3)28(30(36)33-23-19-15-13-11-9-7-5-2)39-31-34-26-20-16-17-21-27(26)38-31/h16-17,20-21,25,28H,4-15,18-19,22-24H2,1-3H3,(H,32,35)(H,33,36). The lowest BCUT2D eigenvalue weighted by atomic mass is 10.0. The summed E-state index contributed by atoms with van der Waals surface area (Å²) < 4.78 is 7.33. The van der Waals surface area contributed by atoms with Crippen LogP contribution in [-0.2, 0) is 14.3 Å². The summed E-state index contributed by atoms with van der Waals surface area (Å²) >= 11 is 2.95. The molecule has 0 fully saturated rings. The SMILES string of the molecule is CCCCCCCCCNC(=O)C(COC)C(Sc1nc2ccccc2s1)C(=O)NCCCCCCCCC. The molecule has 220 valence electrons. The Labute approximate surface area is 244 Å². The number of benzene rings is 1. The van der Waals surface area contributed by atoms with Crippen molar-refractivity contribution >= 4 is 45.1 Å². The smallest absolute Gasteiger partial charge is 0.234 e. The Kier molecular flexibility index (Phi) is 18.2. The van der Waals surface area contributed by atoms with Crippen LogP contribution >= 0.6 is 23.1 Å². The van der Waals surface area contributed by atoms with Crippen LogP contribution in [0.4, 0.5) is 0 Å². The highest BCUT2D eigenvalue weighted by atomic mass is 32.2. The normalized spacial score (nSPS) is 12.9. The Morgan fingerprint density at radius 2 is 1.36 bits per heavy atom. The van der Waals surface area contributed by atoms with Crippen LogP contribution in [0.25, 0.3) is 10.2 Å². The highest BCUT2D eigenvalue weighted by Gasteiger charge is 2.35. The molecule has 2 unspecified atom stereocenters. The maximum Gasteiger partial charge on any atom is 0.234 e. The first-order chi connectivity index (χ1) is 19.1. The Balaban J connectivity index is 1.97. The fraction of sp³-hybridized carbons (Fsp3) is 0.710. The molecule has 0 saturated carbocycles. The number of thiazole rings is 1. The lowest BCUT2D eigenvalue weighted by Gasteiger charge is -2.24. The number of nitrogens with zero attached hydrogens (tertiary/aromatic N) is 1. The van der Waals surface area contributed by atoms with Crippen molar-refractivity contribution < 1.29 is 14.3 Å². The molecule has 0 saturated heterocycles. The molecule has 0 spiro atoms. The minimum Gasteiger partial charge on any atom is -0.384 e. The van der Waals surface area contributed by atoms with Crippen molar-refractivity contribution in [2.24, 2.45) is 5.92 Å². The number of carbonyl (C=O) groups is 2. The fourth-order valence-electron chi connectivity index (χ4n) is 4.63. The second-order valence-corrected chi connectivity index (χ2v) is 12.8. The average Bonchev–Trinajstić information content (AvgIpc) is 3.36. The maximum atomic E-state index is 13.5. The fourth-order valence-corrected chi connectivity index (χ4v) is 7.02. The van der Waals surface area contributed by atoms with Gasteiger partial charge in [-0.2, -0.15) is 0 Å². The van der Waals surface area contributed by atoms with Crippen LogP contribution in [-0.4, -0.2) is 48.9 Å². The van der Waals surface area contributed by atoms with Gasteiger partial charge in [0.25, 0.3) is 0 Å². The molecule has 6 nitrogen and oxygen atoms in total. The van der Waals surface area contributed by atoms with Gasteiger partial charge in [-0.3, -0.25) is 9.59 Å². The van der Waals surface area contributed by atoms with E-state index >= 15 is 0 Å². The number of hydrogen-bond acceptors (Lipinski definition) is 6. The number of carbonyl (C=O) groups excluding carboxylic acids is 2. The third-order valence-electron chi connectivity index (χ3n) is 6.97. The van der Waals surface area contributed by atoms with Crippen LogP contribution in [0.15, 0.2) is 28.6 Å². The summed E-state index contributed by atoms with van der Waals surface area (Å²) in [4.78, 5) is 31.5. The molecule has 0 radical (unpaired) electrons. The zero-order chi connectivity index (χ0) is 28.1. The number of methoxy groups -OCH3 is 1. The first kappa shape index (κ1) is 33.6. The molecule has 39 heavy (non-hydrogen) atoms. The van der Waals surface area contributed by atoms with E-state index in [1.54, 1.807) is 18.4 Å². The van der Waals surface area contributed by atoms with Crippen LogP contribution in [0.3, 0.4) is 0 Å². The number of rotatable bonds is 23. The molecule has 2 N–H and O–H groups in total. The van der Waals surface area contributed by atoms with Crippen molar-refractivity contribution in [2.75, 3.05) is 26.8 Å². The van der Waals surface area contributed by atoms with Gasteiger partial charge in [0, 0.05) is 20.2 Å². The van der Waals surface area contributed by atoms with E-state index in [1.807, 2.05) is 24.3 Å². The Morgan fingerprint density at radius 1 is 0.821 bits per heavy atom. The zero-order valence-corrected chi connectivity index (χ0v) is 26.1. The largest absolute Gasteiger partial charge is 0.384 e. The molecule has 2 rings (SSSR count). The van der Waals surface area contributed by atoms with Crippen molar-refractivity contribution in [3.05, 3.63) is 24.3 Å². The van der Waals surface area contributed by atoms with E-state index in [9.17, 15) is 9.59 Å². The minimum atomic E-state index is -0.607. The molecular weight excluding hydrogens is 526 g/mol. The summed E-state index contributed by atoms with van der Waals surface area (Å²) in [6.45, 7) is 5.90. The molecule has 0 aliphatic heterocycles. The van der Waals surface area contributed by atoms with E-state index in [-0.39, 0.29) is 18.4 Å². The molecule has 2 amide bonds. The van der Waals surface area contributed by atoms with Gasteiger partial charge < -0.3 is 15.4 Å². The molecule has 2 atom stereocenters. The van der Waals surface area contributed by atoms with Crippen molar-refractivity contribution in [2.45, 2.75) is 113 Å². The number of para-hydroxylation sites is 1. The number of hydrogen-bond donors (Lipinski definition) is 2. The summed E-state index contributed by atoms with van der Waals surface area (Å²) in [6, 6.07) is 7.97.